The molecule has 2 aromatic rings. The minimum absolute atomic E-state index is 0.0867. The normalized spacial score (nSPS) is 25.8. The van der Waals surface area contributed by atoms with E-state index in [2.05, 4.69) is 0 Å². The van der Waals surface area contributed by atoms with E-state index in [4.69, 9.17) is 21.1 Å². The van der Waals surface area contributed by atoms with Gasteiger partial charge in [0.05, 0.1) is 6.61 Å². The van der Waals surface area contributed by atoms with Crippen molar-refractivity contribution in [1.82, 2.24) is 0 Å². The zero-order valence-electron chi connectivity index (χ0n) is 10.8. The summed E-state index contributed by atoms with van der Waals surface area (Å²) in [7, 11) is 0. The maximum atomic E-state index is 9.49. The van der Waals surface area contributed by atoms with Gasteiger partial charge >= 0.3 is 0 Å². The van der Waals surface area contributed by atoms with Gasteiger partial charge in [-0.1, -0.05) is 54.1 Å². The van der Waals surface area contributed by atoms with E-state index in [9.17, 15) is 5.11 Å². The Morgan fingerprint density at radius 2 is 1.60 bits per heavy atom. The summed E-state index contributed by atoms with van der Waals surface area (Å²) in [6.45, 7) is -0.0867. The number of hydrogen-bond acceptors (Lipinski definition) is 3. The Kier molecular flexibility index (Phi) is 4.03. The molecule has 1 fully saturated rings. The number of hydrogen-bond donors (Lipinski definition) is 1. The van der Waals surface area contributed by atoms with Crippen molar-refractivity contribution in [3.05, 3.63) is 70.7 Å². The highest BCUT2D eigenvalue weighted by Crippen LogP contribution is 2.39. The van der Waals surface area contributed by atoms with Crippen LogP contribution in [-0.4, -0.2) is 17.8 Å². The third-order valence-electron chi connectivity index (χ3n) is 3.36. The van der Waals surface area contributed by atoms with Gasteiger partial charge in [-0.15, -0.1) is 0 Å². The van der Waals surface area contributed by atoms with E-state index in [0.29, 0.717) is 5.02 Å². The minimum atomic E-state index is -0.450. The van der Waals surface area contributed by atoms with Crippen molar-refractivity contribution >= 4 is 11.6 Å². The molecule has 1 N–H and O–H groups in total. The Bertz CT molecular complexity index is 556. The number of benzene rings is 2. The highest BCUT2D eigenvalue weighted by Gasteiger charge is 2.37. The van der Waals surface area contributed by atoms with Gasteiger partial charge in [-0.2, -0.15) is 0 Å². The van der Waals surface area contributed by atoms with Gasteiger partial charge in [0.2, 0.25) is 0 Å². The van der Waals surface area contributed by atoms with E-state index in [0.717, 1.165) is 11.1 Å². The molecule has 0 spiro atoms. The van der Waals surface area contributed by atoms with E-state index in [1.54, 1.807) is 0 Å². The molecule has 104 valence electrons. The molecule has 0 saturated carbocycles. The van der Waals surface area contributed by atoms with Gasteiger partial charge in [-0.25, -0.2) is 0 Å². The molecule has 2 aromatic carbocycles. The zero-order chi connectivity index (χ0) is 13.9. The van der Waals surface area contributed by atoms with Gasteiger partial charge in [0.1, 0.15) is 12.2 Å². The van der Waals surface area contributed by atoms with Crippen molar-refractivity contribution in [2.24, 2.45) is 0 Å². The first kappa shape index (κ1) is 13.6. The third-order valence-corrected chi connectivity index (χ3v) is 3.61. The van der Waals surface area contributed by atoms with Gasteiger partial charge in [0.25, 0.3) is 0 Å². The maximum absolute atomic E-state index is 9.49. The molecule has 1 heterocycles. The Balaban J connectivity index is 1.83. The van der Waals surface area contributed by atoms with E-state index < -0.39 is 6.29 Å². The Morgan fingerprint density at radius 3 is 2.25 bits per heavy atom. The first-order chi connectivity index (χ1) is 9.78. The summed E-state index contributed by atoms with van der Waals surface area (Å²) < 4.78 is 11.7. The van der Waals surface area contributed by atoms with Crippen molar-refractivity contribution in [2.45, 2.75) is 18.5 Å². The second-order valence-electron chi connectivity index (χ2n) is 4.71. The molecular formula is C16H15ClO3. The first-order valence-electron chi connectivity index (χ1n) is 6.50. The minimum Gasteiger partial charge on any atom is -0.394 e. The van der Waals surface area contributed by atoms with Crippen molar-refractivity contribution in [2.75, 3.05) is 6.61 Å². The molecule has 1 aliphatic rings. The molecule has 4 heteroatoms. The van der Waals surface area contributed by atoms with Crippen molar-refractivity contribution in [1.29, 1.82) is 0 Å². The van der Waals surface area contributed by atoms with Crippen molar-refractivity contribution < 1.29 is 14.6 Å². The number of rotatable bonds is 3. The summed E-state index contributed by atoms with van der Waals surface area (Å²) >= 11 is 5.89. The SMILES string of the molecule is OC[C@@H]1OC(c2ccccc2)O[C@H]1c1ccc(Cl)cc1. The zero-order valence-corrected chi connectivity index (χ0v) is 11.5. The average Bonchev–Trinajstić information content (AvgIpc) is 2.93. The van der Waals surface area contributed by atoms with Crippen LogP contribution in [-0.2, 0) is 9.47 Å². The summed E-state index contributed by atoms with van der Waals surface area (Å²) in [6, 6.07) is 17.1. The molecule has 1 unspecified atom stereocenters. The lowest BCUT2D eigenvalue weighted by atomic mass is 10.1. The first-order valence-corrected chi connectivity index (χ1v) is 6.88. The van der Waals surface area contributed by atoms with Crippen LogP contribution in [0.3, 0.4) is 0 Å². The van der Waals surface area contributed by atoms with Gasteiger partial charge < -0.3 is 14.6 Å². The van der Waals surface area contributed by atoms with Crippen LogP contribution in [0.4, 0.5) is 0 Å². The molecule has 0 bridgehead atoms. The molecule has 0 amide bonds. The predicted octanol–water partition coefficient (Wildman–Crippen LogP) is 3.49. The molecular weight excluding hydrogens is 276 g/mol. The Hall–Kier alpha value is -1.39. The summed E-state index contributed by atoms with van der Waals surface area (Å²) in [4.78, 5) is 0. The largest absolute Gasteiger partial charge is 0.394 e. The molecule has 1 saturated heterocycles. The van der Waals surface area contributed by atoms with E-state index in [1.165, 1.54) is 0 Å². The number of halogens is 1. The van der Waals surface area contributed by atoms with Crippen LogP contribution in [0.15, 0.2) is 54.6 Å². The third kappa shape index (κ3) is 2.72. The second kappa shape index (κ2) is 5.94. The molecule has 0 aromatic heterocycles. The van der Waals surface area contributed by atoms with Gasteiger partial charge in [0, 0.05) is 10.6 Å². The molecule has 0 radical (unpaired) electrons. The lowest BCUT2D eigenvalue weighted by Crippen LogP contribution is -2.19. The average molecular weight is 291 g/mol. The van der Waals surface area contributed by atoms with Crippen LogP contribution < -0.4 is 0 Å². The Morgan fingerprint density at radius 1 is 0.900 bits per heavy atom. The monoisotopic (exact) mass is 290 g/mol. The van der Waals surface area contributed by atoms with Gasteiger partial charge in [-0.3, -0.25) is 0 Å². The summed E-state index contributed by atoms with van der Waals surface area (Å²) in [5.74, 6) is 0. The lowest BCUT2D eigenvalue weighted by Gasteiger charge is -2.14. The van der Waals surface area contributed by atoms with Crippen molar-refractivity contribution in [3.63, 3.8) is 0 Å². The molecule has 3 nitrogen and oxygen atoms in total. The fraction of sp³-hybridized carbons (Fsp3) is 0.250. The fourth-order valence-electron chi connectivity index (χ4n) is 2.33. The number of ether oxygens (including phenoxy) is 2. The summed E-state index contributed by atoms with van der Waals surface area (Å²) in [6.07, 6.45) is -1.11. The molecule has 3 atom stereocenters. The molecule has 20 heavy (non-hydrogen) atoms. The predicted molar refractivity (Wildman–Crippen MR) is 76.4 cm³/mol. The van der Waals surface area contributed by atoms with E-state index in [-0.39, 0.29) is 18.8 Å². The molecule has 3 rings (SSSR count). The van der Waals surface area contributed by atoms with Crippen LogP contribution in [0.25, 0.3) is 0 Å². The number of aliphatic hydroxyl groups is 1. The van der Waals surface area contributed by atoms with Crippen LogP contribution in [0.2, 0.25) is 5.02 Å². The molecule has 1 aliphatic heterocycles. The van der Waals surface area contributed by atoms with Gasteiger partial charge in [0.15, 0.2) is 6.29 Å². The number of aliphatic hydroxyl groups excluding tert-OH is 1. The van der Waals surface area contributed by atoms with Crippen molar-refractivity contribution in [3.8, 4) is 0 Å². The standard InChI is InChI=1S/C16H15ClO3/c17-13-8-6-11(7-9-13)15-14(10-18)19-16(20-15)12-4-2-1-3-5-12/h1-9,14-16,18H,10H2/t14-,15-,16?/m0/s1. The van der Waals surface area contributed by atoms with Crippen LogP contribution >= 0.6 is 11.6 Å². The van der Waals surface area contributed by atoms with E-state index in [1.807, 2.05) is 54.6 Å². The van der Waals surface area contributed by atoms with Crippen LogP contribution in [0.1, 0.15) is 23.5 Å². The van der Waals surface area contributed by atoms with Crippen LogP contribution in [0, 0.1) is 0 Å². The van der Waals surface area contributed by atoms with E-state index >= 15 is 0 Å². The topological polar surface area (TPSA) is 38.7 Å². The Labute approximate surface area is 122 Å². The summed E-state index contributed by atoms with van der Waals surface area (Å²) in [5.41, 5.74) is 1.90. The molecule has 0 aliphatic carbocycles. The fourth-order valence-corrected chi connectivity index (χ4v) is 2.46. The quantitative estimate of drug-likeness (QED) is 0.940. The maximum Gasteiger partial charge on any atom is 0.185 e. The highest BCUT2D eigenvalue weighted by molar-refractivity contribution is 6.30. The smallest absolute Gasteiger partial charge is 0.185 e. The van der Waals surface area contributed by atoms with Crippen LogP contribution in [0.5, 0.6) is 0 Å². The highest BCUT2D eigenvalue weighted by atomic mass is 35.5. The summed E-state index contributed by atoms with van der Waals surface area (Å²) in [5, 5.41) is 10.2. The second-order valence-corrected chi connectivity index (χ2v) is 5.14. The lowest BCUT2D eigenvalue weighted by molar-refractivity contribution is -0.0739. The van der Waals surface area contributed by atoms with Gasteiger partial charge in [-0.05, 0) is 17.7 Å².